The Bertz CT molecular complexity index is 1120. The predicted molar refractivity (Wildman–Crippen MR) is 115 cm³/mol. The third kappa shape index (κ3) is 4.76. The van der Waals surface area contributed by atoms with Crippen molar-refractivity contribution in [3.8, 4) is 0 Å². The molecule has 0 bridgehead atoms. The van der Waals surface area contributed by atoms with Crippen LogP contribution in [0.3, 0.4) is 0 Å². The summed E-state index contributed by atoms with van der Waals surface area (Å²) in [6.45, 7) is 4.20. The summed E-state index contributed by atoms with van der Waals surface area (Å²) in [5, 5.41) is 2.69. The number of hydrogen-bond acceptors (Lipinski definition) is 4. The maximum Gasteiger partial charge on any atom is 0.329 e. The monoisotopic (exact) mass is 459 g/mol. The molecular formula is C21H22BrN3O4. The number of carbonyl (C=O) groups excluding carboxylic acids is 2. The average molecular weight is 460 g/mol. The lowest BCUT2D eigenvalue weighted by Crippen LogP contribution is -2.26. The van der Waals surface area contributed by atoms with Crippen LogP contribution in [0.4, 0.5) is 5.69 Å². The molecule has 29 heavy (non-hydrogen) atoms. The zero-order valence-corrected chi connectivity index (χ0v) is 17.9. The van der Waals surface area contributed by atoms with Crippen LogP contribution in [0.15, 0.2) is 51.7 Å². The normalized spacial score (nSPS) is 10.9. The number of imidazole rings is 1. The first-order chi connectivity index (χ1) is 13.9. The fourth-order valence-corrected chi connectivity index (χ4v) is 3.72. The quantitative estimate of drug-likeness (QED) is 0.548. The Morgan fingerprint density at radius 1 is 1.10 bits per heavy atom. The second-order valence-electron chi connectivity index (χ2n) is 6.61. The van der Waals surface area contributed by atoms with Crippen molar-refractivity contribution in [2.75, 3.05) is 11.9 Å². The molecule has 1 aromatic heterocycles. The van der Waals surface area contributed by atoms with Gasteiger partial charge in [0.25, 0.3) is 5.91 Å². The smallest absolute Gasteiger partial charge is 0.329 e. The third-order valence-electron chi connectivity index (χ3n) is 4.54. The highest BCUT2D eigenvalue weighted by Gasteiger charge is 2.14. The van der Waals surface area contributed by atoms with Gasteiger partial charge in [0, 0.05) is 17.6 Å². The molecule has 1 heterocycles. The van der Waals surface area contributed by atoms with Crippen LogP contribution < -0.4 is 11.0 Å². The molecule has 0 radical (unpaired) electrons. The summed E-state index contributed by atoms with van der Waals surface area (Å²) >= 11 is 3.38. The van der Waals surface area contributed by atoms with E-state index in [1.165, 1.54) is 0 Å². The Hall–Kier alpha value is -2.87. The molecule has 1 amide bonds. The van der Waals surface area contributed by atoms with Gasteiger partial charge in [-0.1, -0.05) is 18.2 Å². The van der Waals surface area contributed by atoms with E-state index in [2.05, 4.69) is 21.2 Å². The summed E-state index contributed by atoms with van der Waals surface area (Å²) in [6, 6.07) is 13.0. The molecule has 0 saturated carbocycles. The lowest BCUT2D eigenvalue weighted by atomic mass is 10.2. The highest BCUT2D eigenvalue weighted by Crippen LogP contribution is 2.23. The van der Waals surface area contributed by atoms with Crippen LogP contribution in [0.25, 0.3) is 11.0 Å². The minimum Gasteiger partial charge on any atom is -0.456 e. The number of fused-ring (bicyclic) bond motifs is 1. The molecule has 0 fully saturated rings. The number of benzene rings is 2. The number of esters is 1. The van der Waals surface area contributed by atoms with E-state index in [1.54, 1.807) is 15.2 Å². The molecule has 8 heteroatoms. The topological polar surface area (TPSA) is 82.3 Å². The molecule has 2 aromatic carbocycles. The van der Waals surface area contributed by atoms with E-state index in [9.17, 15) is 14.4 Å². The molecule has 0 spiro atoms. The molecule has 0 aliphatic carbocycles. The fourth-order valence-electron chi connectivity index (χ4n) is 3.12. The number of nitrogens with one attached hydrogen (secondary N) is 1. The molecule has 0 saturated heterocycles. The molecule has 3 aromatic rings. The summed E-state index contributed by atoms with van der Waals surface area (Å²) in [4.78, 5) is 36.7. The summed E-state index contributed by atoms with van der Waals surface area (Å²) in [6.07, 6.45) is -0.000858. The summed E-state index contributed by atoms with van der Waals surface area (Å²) in [7, 11) is 0. The van der Waals surface area contributed by atoms with Gasteiger partial charge in [-0.15, -0.1) is 0 Å². The van der Waals surface area contributed by atoms with E-state index in [0.29, 0.717) is 12.2 Å². The largest absolute Gasteiger partial charge is 0.456 e. The lowest BCUT2D eigenvalue weighted by Gasteiger charge is -2.09. The highest BCUT2D eigenvalue weighted by molar-refractivity contribution is 9.10. The first kappa shape index (κ1) is 20.9. The van der Waals surface area contributed by atoms with Crippen LogP contribution in [0.2, 0.25) is 0 Å². The van der Waals surface area contributed by atoms with Gasteiger partial charge in [-0.25, -0.2) is 4.79 Å². The van der Waals surface area contributed by atoms with E-state index in [1.807, 2.05) is 50.2 Å². The van der Waals surface area contributed by atoms with Gasteiger partial charge in [0.15, 0.2) is 6.61 Å². The Labute approximate surface area is 176 Å². The number of rotatable bonds is 7. The number of amides is 1. The lowest BCUT2D eigenvalue weighted by molar-refractivity contribution is -0.147. The van der Waals surface area contributed by atoms with Crippen molar-refractivity contribution in [2.45, 2.75) is 33.4 Å². The molecule has 3 rings (SSSR count). The maximum absolute atomic E-state index is 12.6. The van der Waals surface area contributed by atoms with Crippen LogP contribution in [0.5, 0.6) is 0 Å². The second-order valence-corrected chi connectivity index (χ2v) is 7.46. The van der Waals surface area contributed by atoms with Crippen LogP contribution in [0.1, 0.15) is 18.9 Å². The Morgan fingerprint density at radius 2 is 1.79 bits per heavy atom. The van der Waals surface area contributed by atoms with Gasteiger partial charge in [-0.2, -0.15) is 0 Å². The van der Waals surface area contributed by atoms with Gasteiger partial charge in [0.1, 0.15) is 0 Å². The van der Waals surface area contributed by atoms with Gasteiger partial charge >= 0.3 is 11.7 Å². The third-order valence-corrected chi connectivity index (χ3v) is 5.20. The number of anilines is 1. The van der Waals surface area contributed by atoms with Gasteiger partial charge in [-0.3, -0.25) is 18.7 Å². The van der Waals surface area contributed by atoms with Gasteiger partial charge < -0.3 is 10.1 Å². The SMILES string of the molecule is CCn1c(=O)n(CCC(=O)OCC(=O)Nc2ccc(C)cc2Br)c2ccccc21. The number of para-hydroxylation sites is 2. The van der Waals surface area contributed by atoms with Gasteiger partial charge in [-0.05, 0) is 59.6 Å². The number of halogens is 1. The molecule has 7 nitrogen and oxygen atoms in total. The van der Waals surface area contributed by atoms with E-state index in [4.69, 9.17) is 4.74 Å². The first-order valence-corrected chi connectivity index (χ1v) is 10.1. The van der Waals surface area contributed by atoms with Crippen LogP contribution in [-0.4, -0.2) is 27.6 Å². The Morgan fingerprint density at radius 3 is 2.45 bits per heavy atom. The standard InChI is InChI=1S/C21H22BrN3O4/c1-3-24-17-6-4-5-7-18(17)25(21(24)28)11-10-20(27)29-13-19(26)23-16-9-8-14(2)12-15(16)22/h4-9,12H,3,10-11,13H2,1-2H3,(H,23,26). The average Bonchev–Trinajstić information content (AvgIpc) is 2.97. The van der Waals surface area contributed by atoms with E-state index in [-0.39, 0.29) is 25.3 Å². The molecular weight excluding hydrogens is 438 g/mol. The number of aromatic nitrogens is 2. The molecule has 152 valence electrons. The summed E-state index contributed by atoms with van der Waals surface area (Å²) in [5.41, 5.74) is 3.10. The molecule has 0 aliphatic heterocycles. The highest BCUT2D eigenvalue weighted by atomic mass is 79.9. The maximum atomic E-state index is 12.6. The Kier molecular flexibility index (Phi) is 6.53. The number of ether oxygens (including phenoxy) is 1. The minimum absolute atomic E-state index is 0.000858. The van der Waals surface area contributed by atoms with Crippen molar-refractivity contribution in [3.63, 3.8) is 0 Å². The summed E-state index contributed by atoms with van der Waals surface area (Å²) < 4.78 is 9.03. The van der Waals surface area contributed by atoms with Crippen molar-refractivity contribution in [1.82, 2.24) is 9.13 Å². The van der Waals surface area contributed by atoms with Crippen molar-refractivity contribution < 1.29 is 14.3 Å². The van der Waals surface area contributed by atoms with Crippen LogP contribution in [-0.2, 0) is 27.4 Å². The zero-order valence-electron chi connectivity index (χ0n) is 16.3. The molecule has 1 N–H and O–H groups in total. The minimum atomic E-state index is -0.539. The summed E-state index contributed by atoms with van der Waals surface area (Å²) in [5.74, 6) is -0.967. The van der Waals surface area contributed by atoms with Crippen LogP contribution >= 0.6 is 15.9 Å². The number of aryl methyl sites for hydroxylation is 3. The second kappa shape index (κ2) is 9.09. The Balaban J connectivity index is 1.57. The van der Waals surface area contributed by atoms with E-state index >= 15 is 0 Å². The molecule has 0 unspecified atom stereocenters. The van der Waals surface area contributed by atoms with Crippen molar-refractivity contribution >= 4 is 44.5 Å². The number of hydrogen-bond donors (Lipinski definition) is 1. The predicted octanol–water partition coefficient (Wildman–Crippen LogP) is 3.47. The van der Waals surface area contributed by atoms with Crippen LogP contribution in [0, 0.1) is 6.92 Å². The number of carbonyl (C=O) groups is 2. The molecule has 0 aliphatic rings. The van der Waals surface area contributed by atoms with Crippen molar-refractivity contribution in [1.29, 1.82) is 0 Å². The fraction of sp³-hybridized carbons (Fsp3) is 0.286. The zero-order chi connectivity index (χ0) is 21.0. The first-order valence-electron chi connectivity index (χ1n) is 9.30. The van der Waals surface area contributed by atoms with Gasteiger partial charge in [0.2, 0.25) is 0 Å². The van der Waals surface area contributed by atoms with E-state index in [0.717, 1.165) is 21.1 Å². The molecule has 0 atom stereocenters. The van der Waals surface area contributed by atoms with Crippen molar-refractivity contribution in [2.24, 2.45) is 0 Å². The van der Waals surface area contributed by atoms with E-state index < -0.39 is 11.9 Å². The van der Waals surface area contributed by atoms with Crippen molar-refractivity contribution in [3.05, 3.63) is 63.0 Å². The van der Waals surface area contributed by atoms with Gasteiger partial charge in [0.05, 0.1) is 23.1 Å². The number of nitrogens with zero attached hydrogens (tertiary/aromatic N) is 2.